The second-order valence-electron chi connectivity index (χ2n) is 7.50. The van der Waals surface area contributed by atoms with E-state index in [0.717, 1.165) is 4.90 Å². The fourth-order valence-electron chi connectivity index (χ4n) is 4.45. The first kappa shape index (κ1) is 20.9. The van der Waals surface area contributed by atoms with Crippen molar-refractivity contribution in [1.29, 1.82) is 0 Å². The number of benzene rings is 1. The van der Waals surface area contributed by atoms with Gasteiger partial charge in [-0.05, 0) is 30.7 Å². The molecule has 2 aliphatic rings. The molecule has 8 nitrogen and oxygen atoms in total. The Morgan fingerprint density at radius 3 is 2.41 bits per heavy atom. The number of halogens is 1. The van der Waals surface area contributed by atoms with Crippen LogP contribution in [0.3, 0.4) is 0 Å². The van der Waals surface area contributed by atoms with Crippen LogP contribution in [-0.4, -0.2) is 72.8 Å². The summed E-state index contributed by atoms with van der Waals surface area (Å²) < 4.78 is 18.1. The van der Waals surface area contributed by atoms with E-state index in [1.54, 1.807) is 14.0 Å². The van der Waals surface area contributed by atoms with Crippen molar-refractivity contribution in [3.05, 3.63) is 35.6 Å². The molecule has 156 valence electrons. The lowest BCUT2D eigenvalue weighted by Crippen LogP contribution is -2.57. The molecule has 1 aromatic rings. The van der Waals surface area contributed by atoms with Crippen LogP contribution in [0, 0.1) is 17.7 Å². The van der Waals surface area contributed by atoms with Gasteiger partial charge in [0.2, 0.25) is 11.8 Å². The monoisotopic (exact) mass is 405 g/mol. The van der Waals surface area contributed by atoms with E-state index in [1.807, 2.05) is 0 Å². The number of nitrogens with one attached hydrogen (secondary N) is 1. The predicted molar refractivity (Wildman–Crippen MR) is 100 cm³/mol. The number of carbonyl (C=O) groups is 4. The summed E-state index contributed by atoms with van der Waals surface area (Å²) in [5.41, 5.74) is -1.04. The minimum absolute atomic E-state index is 0.0863. The average molecular weight is 405 g/mol. The predicted octanol–water partition coefficient (Wildman–Crippen LogP) is 0.422. The Labute approximate surface area is 168 Å². The zero-order valence-corrected chi connectivity index (χ0v) is 16.8. The maximum atomic E-state index is 13.1. The van der Waals surface area contributed by atoms with Crippen molar-refractivity contribution >= 4 is 23.7 Å². The standard InChI is InChI=1S/C20H24FN3O5/c1-5-20(19(28)29-4)15-14(17(26)24(3)18(15)27)13(22-20)10-23(2)16(25)11-6-8-12(21)9-7-11/h6-9,13-15,22H,5,10H2,1-4H3/t13-,14+,15-,20-/m1/s1. The van der Waals surface area contributed by atoms with Gasteiger partial charge in [0, 0.05) is 32.2 Å². The Morgan fingerprint density at radius 2 is 1.86 bits per heavy atom. The zero-order valence-electron chi connectivity index (χ0n) is 16.8. The van der Waals surface area contributed by atoms with Crippen LogP contribution in [0.15, 0.2) is 24.3 Å². The van der Waals surface area contributed by atoms with E-state index in [1.165, 1.54) is 43.3 Å². The molecule has 0 spiro atoms. The largest absolute Gasteiger partial charge is 0.468 e. The Balaban J connectivity index is 1.89. The molecule has 0 saturated carbocycles. The molecule has 2 saturated heterocycles. The summed E-state index contributed by atoms with van der Waals surface area (Å²) in [5.74, 6) is -3.92. The molecule has 0 aliphatic carbocycles. The molecule has 3 rings (SSSR count). The third-order valence-electron chi connectivity index (χ3n) is 5.99. The first-order valence-corrected chi connectivity index (χ1v) is 9.36. The van der Waals surface area contributed by atoms with Crippen molar-refractivity contribution in [2.45, 2.75) is 24.9 Å². The molecule has 0 aromatic heterocycles. The van der Waals surface area contributed by atoms with Gasteiger partial charge in [-0.25, -0.2) is 4.39 Å². The van der Waals surface area contributed by atoms with E-state index in [2.05, 4.69) is 5.32 Å². The lowest BCUT2D eigenvalue weighted by molar-refractivity contribution is -0.154. The van der Waals surface area contributed by atoms with Crippen molar-refractivity contribution in [2.75, 3.05) is 27.7 Å². The molecule has 3 amide bonds. The number of esters is 1. The lowest BCUT2D eigenvalue weighted by Gasteiger charge is -2.31. The van der Waals surface area contributed by atoms with Crippen molar-refractivity contribution in [2.24, 2.45) is 11.8 Å². The molecule has 4 atom stereocenters. The molecular formula is C20H24FN3O5. The van der Waals surface area contributed by atoms with Crippen molar-refractivity contribution in [1.82, 2.24) is 15.1 Å². The molecule has 0 radical (unpaired) electrons. The number of ether oxygens (including phenoxy) is 1. The first-order valence-electron chi connectivity index (χ1n) is 9.36. The normalized spacial score (nSPS) is 28.4. The molecule has 0 unspecified atom stereocenters. The molecule has 1 N–H and O–H groups in total. The van der Waals surface area contributed by atoms with E-state index < -0.39 is 41.1 Å². The van der Waals surface area contributed by atoms with Crippen LogP contribution >= 0.6 is 0 Å². The molecule has 2 aliphatic heterocycles. The number of fused-ring (bicyclic) bond motifs is 1. The van der Waals surface area contributed by atoms with Crippen LogP contribution in [0.2, 0.25) is 0 Å². The molecule has 1 aromatic carbocycles. The minimum Gasteiger partial charge on any atom is -0.468 e. The molecule has 9 heteroatoms. The number of carbonyl (C=O) groups excluding carboxylic acids is 4. The maximum Gasteiger partial charge on any atom is 0.326 e. The third-order valence-corrected chi connectivity index (χ3v) is 5.99. The lowest BCUT2D eigenvalue weighted by atomic mass is 9.78. The van der Waals surface area contributed by atoms with Crippen LogP contribution in [0.1, 0.15) is 23.7 Å². The van der Waals surface area contributed by atoms with Gasteiger partial charge in [0.15, 0.2) is 0 Å². The van der Waals surface area contributed by atoms with Gasteiger partial charge in [-0.3, -0.25) is 29.4 Å². The number of likely N-dealkylation sites (N-methyl/N-ethyl adjacent to an activating group) is 1. The number of hydrogen-bond acceptors (Lipinski definition) is 6. The number of methoxy groups -OCH3 is 1. The Kier molecular flexibility index (Phi) is 5.44. The van der Waals surface area contributed by atoms with Gasteiger partial charge in [-0.2, -0.15) is 0 Å². The van der Waals surface area contributed by atoms with Gasteiger partial charge in [-0.1, -0.05) is 6.92 Å². The smallest absolute Gasteiger partial charge is 0.326 e. The van der Waals surface area contributed by atoms with Crippen LogP contribution in [0.4, 0.5) is 4.39 Å². The number of imide groups is 1. The van der Waals surface area contributed by atoms with Gasteiger partial charge < -0.3 is 9.64 Å². The minimum atomic E-state index is -1.33. The second kappa shape index (κ2) is 7.55. The topological polar surface area (TPSA) is 96.0 Å². The van der Waals surface area contributed by atoms with Crippen LogP contribution in [0.25, 0.3) is 0 Å². The van der Waals surface area contributed by atoms with E-state index in [0.29, 0.717) is 5.56 Å². The van der Waals surface area contributed by atoms with Crippen molar-refractivity contribution in [3.8, 4) is 0 Å². The van der Waals surface area contributed by atoms with Gasteiger partial charge in [0.05, 0.1) is 18.9 Å². The van der Waals surface area contributed by atoms with E-state index in [-0.39, 0.29) is 24.8 Å². The summed E-state index contributed by atoms with van der Waals surface area (Å²) >= 11 is 0. The molecular weight excluding hydrogens is 381 g/mol. The van der Waals surface area contributed by atoms with Gasteiger partial charge >= 0.3 is 5.97 Å². The number of likely N-dealkylation sites (tertiary alicyclic amines) is 1. The van der Waals surface area contributed by atoms with Gasteiger partial charge in [0.25, 0.3) is 5.91 Å². The average Bonchev–Trinajstić information content (AvgIpc) is 3.17. The highest BCUT2D eigenvalue weighted by Crippen LogP contribution is 2.44. The Morgan fingerprint density at radius 1 is 1.24 bits per heavy atom. The fraction of sp³-hybridized carbons (Fsp3) is 0.500. The molecule has 29 heavy (non-hydrogen) atoms. The number of amides is 3. The SMILES string of the molecule is CC[C@@]1(C(=O)OC)N[C@H](CN(C)C(=O)c2ccc(F)cc2)[C@@H]2C(=O)N(C)C(=O)[C@@H]21. The summed E-state index contributed by atoms with van der Waals surface area (Å²) in [6.45, 7) is 1.83. The number of hydrogen-bond donors (Lipinski definition) is 1. The summed E-state index contributed by atoms with van der Waals surface area (Å²) in [5, 5.41) is 3.14. The van der Waals surface area contributed by atoms with Gasteiger partial charge in [-0.15, -0.1) is 0 Å². The quantitative estimate of drug-likeness (QED) is 0.564. The third kappa shape index (κ3) is 3.19. The van der Waals surface area contributed by atoms with E-state index in [9.17, 15) is 23.6 Å². The first-order chi connectivity index (χ1) is 13.7. The molecule has 2 fully saturated rings. The second-order valence-corrected chi connectivity index (χ2v) is 7.50. The Hall–Kier alpha value is -2.81. The van der Waals surface area contributed by atoms with Gasteiger partial charge in [0.1, 0.15) is 11.4 Å². The number of nitrogens with zero attached hydrogens (tertiary/aromatic N) is 2. The zero-order chi connectivity index (χ0) is 21.5. The van der Waals surface area contributed by atoms with Crippen LogP contribution in [-0.2, 0) is 19.1 Å². The highest BCUT2D eigenvalue weighted by Gasteiger charge is 2.67. The van der Waals surface area contributed by atoms with E-state index in [4.69, 9.17) is 4.74 Å². The highest BCUT2D eigenvalue weighted by atomic mass is 19.1. The Bertz CT molecular complexity index is 858. The molecule has 0 bridgehead atoms. The van der Waals surface area contributed by atoms with Crippen molar-refractivity contribution in [3.63, 3.8) is 0 Å². The number of rotatable bonds is 5. The van der Waals surface area contributed by atoms with E-state index >= 15 is 0 Å². The summed E-state index contributed by atoms with van der Waals surface area (Å²) in [4.78, 5) is 53.2. The fourth-order valence-corrected chi connectivity index (χ4v) is 4.45. The maximum absolute atomic E-state index is 13.1. The summed E-state index contributed by atoms with van der Waals surface area (Å²) in [6.07, 6.45) is 0.250. The summed E-state index contributed by atoms with van der Waals surface area (Å²) in [6, 6.07) is 4.52. The highest BCUT2D eigenvalue weighted by molar-refractivity contribution is 6.09. The summed E-state index contributed by atoms with van der Waals surface area (Å²) in [7, 11) is 4.18. The van der Waals surface area contributed by atoms with Crippen LogP contribution < -0.4 is 5.32 Å². The van der Waals surface area contributed by atoms with Crippen molar-refractivity contribution < 1.29 is 28.3 Å². The van der Waals surface area contributed by atoms with Crippen LogP contribution in [0.5, 0.6) is 0 Å². The molecule has 2 heterocycles.